The Bertz CT molecular complexity index is 832. The Balaban J connectivity index is 0.00000146. The van der Waals surface area contributed by atoms with Gasteiger partial charge in [0.2, 0.25) is 0 Å². The summed E-state index contributed by atoms with van der Waals surface area (Å²) in [5.41, 5.74) is 11.0. The van der Waals surface area contributed by atoms with Gasteiger partial charge in [0.15, 0.2) is 0 Å². The minimum atomic E-state index is -0.945. The number of nitrogens with zero attached hydrogens (tertiary/aromatic N) is 3. The third kappa shape index (κ3) is 1.98. The Hall–Kier alpha value is -2.04. The lowest BCUT2D eigenvalue weighted by Crippen LogP contribution is -2.66. The van der Waals surface area contributed by atoms with Crippen molar-refractivity contribution in [1.82, 2.24) is 9.61 Å². The summed E-state index contributed by atoms with van der Waals surface area (Å²) in [6.45, 7) is 3.64. The first-order valence-electron chi connectivity index (χ1n) is 8.34. The lowest BCUT2D eigenvalue weighted by Gasteiger charge is -2.61. The number of nitrogens with two attached hydrogens (primary N) is 1. The van der Waals surface area contributed by atoms with Gasteiger partial charge in [-0.15, -0.1) is 0 Å². The number of fused-ring (bicyclic) bond motifs is 1. The zero-order chi connectivity index (χ0) is 15.8. The maximum atomic E-state index is 13.8. The molecule has 0 radical (unpaired) electrons. The van der Waals surface area contributed by atoms with Gasteiger partial charge in [-0.1, -0.05) is 0 Å². The summed E-state index contributed by atoms with van der Waals surface area (Å²) in [5, 5.41) is 4.40. The molecule has 0 bridgehead atoms. The first kappa shape index (κ1) is 13.4. The first-order valence-corrected chi connectivity index (χ1v) is 8.34. The van der Waals surface area contributed by atoms with E-state index in [1.165, 1.54) is 11.3 Å². The van der Waals surface area contributed by atoms with Crippen LogP contribution in [0, 0.1) is 5.41 Å². The van der Waals surface area contributed by atoms with Gasteiger partial charge in [-0.3, -0.25) is 0 Å². The van der Waals surface area contributed by atoms with Crippen molar-refractivity contribution in [1.29, 1.82) is 0 Å². The summed E-state index contributed by atoms with van der Waals surface area (Å²) >= 11 is 0. The molecule has 3 heterocycles. The fourth-order valence-electron chi connectivity index (χ4n) is 4.58. The van der Waals surface area contributed by atoms with Crippen molar-refractivity contribution < 1.29 is 5.82 Å². The van der Waals surface area contributed by atoms with Gasteiger partial charge in [0.05, 0.1) is 11.7 Å². The van der Waals surface area contributed by atoms with Crippen LogP contribution in [0.2, 0.25) is 0 Å². The summed E-state index contributed by atoms with van der Waals surface area (Å²) in [6.07, 6.45) is 7.48. The number of hydrogen-bond donors (Lipinski definition) is 1. The lowest BCUT2D eigenvalue weighted by atomic mass is 9.56. The molecular weight excluding hydrogens is 291 g/mol. The normalized spacial score (nSPS) is 23.7. The van der Waals surface area contributed by atoms with Crippen molar-refractivity contribution in [2.24, 2.45) is 11.1 Å². The van der Waals surface area contributed by atoms with E-state index in [1.54, 1.807) is 6.92 Å². The van der Waals surface area contributed by atoms with Crippen molar-refractivity contribution in [3.63, 3.8) is 0 Å². The van der Waals surface area contributed by atoms with Crippen LogP contribution in [0.3, 0.4) is 0 Å². The Morgan fingerprint density at radius 1 is 1.35 bits per heavy atom. The van der Waals surface area contributed by atoms with Gasteiger partial charge in [0, 0.05) is 43.1 Å². The molecule has 0 aromatic carbocycles. The molecule has 3 aliphatic rings. The highest BCUT2D eigenvalue weighted by Crippen LogP contribution is 2.56. The van der Waals surface area contributed by atoms with Crippen LogP contribution in [-0.2, 0) is 0 Å². The monoisotopic (exact) mass is 314 g/mol. The average molecular weight is 314 g/mol. The molecule has 1 saturated heterocycles. The van der Waals surface area contributed by atoms with E-state index in [-0.39, 0.29) is 6.84 Å². The van der Waals surface area contributed by atoms with E-state index < -0.39 is 5.67 Å². The van der Waals surface area contributed by atoms with Gasteiger partial charge in [-0.2, -0.15) is 5.10 Å². The molecule has 2 aromatic rings. The minimum absolute atomic E-state index is 0. The van der Waals surface area contributed by atoms with Gasteiger partial charge in [-0.05, 0) is 50.3 Å². The van der Waals surface area contributed by atoms with Crippen LogP contribution in [0.25, 0.3) is 11.2 Å². The molecule has 0 atom stereocenters. The number of pyridine rings is 1. The van der Waals surface area contributed by atoms with Crippen molar-refractivity contribution in [3.05, 3.63) is 35.7 Å². The van der Waals surface area contributed by atoms with Crippen LogP contribution in [0.4, 0.5) is 10.1 Å². The van der Waals surface area contributed by atoms with Crippen LogP contribution in [0.5, 0.6) is 0 Å². The molecule has 1 aliphatic heterocycles. The van der Waals surface area contributed by atoms with Crippen LogP contribution >= 0.6 is 0 Å². The molecule has 5 rings (SSSR count). The zero-order valence-electron chi connectivity index (χ0n) is 13.3. The zero-order valence-corrected chi connectivity index (χ0v) is 13.3. The van der Waals surface area contributed by atoms with Crippen LogP contribution in [0.15, 0.2) is 30.1 Å². The summed E-state index contributed by atoms with van der Waals surface area (Å²) in [6, 6.07) is 4.25. The predicted molar refractivity (Wildman–Crippen MR) is 91.0 cm³/mol. The number of hydrogen-bond acceptors (Lipinski definition) is 3. The quantitative estimate of drug-likeness (QED) is 0.924. The fraction of sp³-hybridized carbons (Fsp3) is 0.500. The third-order valence-corrected chi connectivity index (χ3v) is 5.58. The van der Waals surface area contributed by atoms with E-state index >= 15 is 0 Å². The van der Waals surface area contributed by atoms with Gasteiger partial charge in [0.25, 0.3) is 0 Å². The molecule has 1 spiro atoms. The minimum Gasteiger partial charge on any atom is -0.398 e. The molecule has 2 aliphatic carbocycles. The van der Waals surface area contributed by atoms with Crippen LogP contribution in [0.1, 0.15) is 39.6 Å². The number of allylic oxidation sites excluding steroid dienone is 1. The Morgan fingerprint density at radius 2 is 2.09 bits per heavy atom. The smallest absolute Gasteiger partial charge is 0.109 e. The maximum absolute atomic E-state index is 13.8. The van der Waals surface area contributed by atoms with E-state index in [9.17, 15) is 4.39 Å². The molecule has 0 unspecified atom stereocenters. The number of halogens is 1. The van der Waals surface area contributed by atoms with E-state index in [1.807, 2.05) is 16.9 Å². The number of rotatable bonds is 2. The Morgan fingerprint density at radius 3 is 2.74 bits per heavy atom. The van der Waals surface area contributed by atoms with Crippen molar-refractivity contribution in [3.8, 4) is 0 Å². The summed E-state index contributed by atoms with van der Waals surface area (Å²) in [7, 11) is 0. The first-order chi connectivity index (χ1) is 10.9. The molecule has 3 fully saturated rings. The molecule has 2 N–H and O–H groups in total. The third-order valence-electron chi connectivity index (χ3n) is 5.58. The second kappa shape index (κ2) is 4.08. The summed E-state index contributed by atoms with van der Waals surface area (Å²) in [5.74, 6) is 0. The second-order valence-electron chi connectivity index (χ2n) is 7.91. The molecule has 2 aromatic heterocycles. The van der Waals surface area contributed by atoms with Crippen molar-refractivity contribution in [2.45, 2.75) is 38.3 Å². The van der Waals surface area contributed by atoms with E-state index in [4.69, 9.17) is 5.73 Å². The SMILES string of the molecule is CC1(F)CC2(CN(c3ccn4ncc(C(N)=C5CC5)c4c3)C2)C1.[HH]. The topological polar surface area (TPSA) is 46.6 Å². The number of alkyl halides is 1. The highest BCUT2D eigenvalue weighted by atomic mass is 19.1. The van der Waals surface area contributed by atoms with E-state index in [0.29, 0.717) is 12.8 Å². The number of aromatic nitrogens is 2. The molecule has 2 saturated carbocycles. The largest absolute Gasteiger partial charge is 0.398 e. The molecule has 122 valence electrons. The van der Waals surface area contributed by atoms with Gasteiger partial charge < -0.3 is 10.6 Å². The molecule has 23 heavy (non-hydrogen) atoms. The molecule has 5 heteroatoms. The Kier molecular flexibility index (Phi) is 2.37. The highest BCUT2D eigenvalue weighted by molar-refractivity contribution is 5.81. The standard InChI is InChI=1S/C18H21FN4.H2/c1-17(19)8-18(9-17)10-22(11-18)13-4-5-23-15(6-13)14(7-21-23)16(20)12-2-3-12;/h4-7H,2-3,8-11,20H2,1H3;1H. The van der Waals surface area contributed by atoms with Crippen LogP contribution < -0.4 is 10.6 Å². The Labute approximate surface area is 136 Å². The van der Waals surface area contributed by atoms with E-state index in [2.05, 4.69) is 22.1 Å². The highest BCUT2D eigenvalue weighted by Gasteiger charge is 2.58. The summed E-state index contributed by atoms with van der Waals surface area (Å²) < 4.78 is 15.7. The van der Waals surface area contributed by atoms with Crippen LogP contribution in [-0.4, -0.2) is 28.4 Å². The van der Waals surface area contributed by atoms with E-state index in [0.717, 1.165) is 42.7 Å². The molecular formula is C18H23FN4. The predicted octanol–water partition coefficient (Wildman–Crippen LogP) is 3.37. The van der Waals surface area contributed by atoms with Gasteiger partial charge in [-0.25, -0.2) is 8.91 Å². The second-order valence-corrected chi connectivity index (χ2v) is 7.91. The number of anilines is 1. The van der Waals surface area contributed by atoms with Crippen molar-refractivity contribution >= 4 is 16.9 Å². The lowest BCUT2D eigenvalue weighted by molar-refractivity contribution is -0.0711. The van der Waals surface area contributed by atoms with Gasteiger partial charge >= 0.3 is 0 Å². The maximum Gasteiger partial charge on any atom is 0.109 e. The fourth-order valence-corrected chi connectivity index (χ4v) is 4.58. The van der Waals surface area contributed by atoms with Crippen molar-refractivity contribution in [2.75, 3.05) is 18.0 Å². The van der Waals surface area contributed by atoms with Gasteiger partial charge in [0.1, 0.15) is 5.67 Å². The average Bonchev–Trinajstić information content (AvgIpc) is 3.20. The molecule has 4 nitrogen and oxygen atoms in total. The summed E-state index contributed by atoms with van der Waals surface area (Å²) in [4.78, 5) is 2.34. The molecule has 0 amide bonds.